The Balaban J connectivity index is 2.19. The highest BCUT2D eigenvalue weighted by Crippen LogP contribution is 2.34. The normalized spacial score (nSPS) is 18.7. The van der Waals surface area contributed by atoms with Crippen LogP contribution in [0.4, 0.5) is 0 Å². The molecule has 82 valence electrons. The van der Waals surface area contributed by atoms with Gasteiger partial charge in [0.2, 0.25) is 0 Å². The molecule has 1 unspecified atom stereocenters. The summed E-state index contributed by atoms with van der Waals surface area (Å²) in [6, 6.07) is 4.78. The lowest BCUT2D eigenvalue weighted by atomic mass is 9.93. The molecule has 1 aromatic rings. The van der Waals surface area contributed by atoms with Crippen molar-refractivity contribution in [2.75, 3.05) is 7.05 Å². The van der Waals surface area contributed by atoms with Crippen LogP contribution in [0.5, 0.6) is 0 Å². The van der Waals surface area contributed by atoms with Gasteiger partial charge < -0.3 is 5.32 Å². The zero-order chi connectivity index (χ0) is 10.7. The van der Waals surface area contributed by atoms with Crippen molar-refractivity contribution in [3.05, 3.63) is 32.4 Å². The molecule has 0 bridgehead atoms. The van der Waals surface area contributed by atoms with Crippen LogP contribution in [0.25, 0.3) is 0 Å². The summed E-state index contributed by atoms with van der Waals surface area (Å²) in [7, 11) is 2.05. The van der Waals surface area contributed by atoms with Crippen LogP contribution in [0.1, 0.15) is 36.6 Å². The van der Waals surface area contributed by atoms with Gasteiger partial charge in [0.25, 0.3) is 0 Å². The summed E-state index contributed by atoms with van der Waals surface area (Å²) in [5.74, 6) is 0. The summed E-state index contributed by atoms with van der Waals surface area (Å²) >= 11 is 5.35. The Morgan fingerprint density at radius 1 is 1.40 bits per heavy atom. The predicted molar refractivity (Wildman–Crippen MR) is 70.4 cm³/mol. The van der Waals surface area contributed by atoms with E-state index in [4.69, 9.17) is 0 Å². The lowest BCUT2D eigenvalue weighted by Crippen LogP contribution is -2.18. The Bertz CT molecular complexity index is 356. The number of nitrogens with one attached hydrogen (secondary N) is 1. The SMILES string of the molecule is CNC(C1=CCCCC1)c1ccc(Br)s1. The van der Waals surface area contributed by atoms with Crippen LogP contribution in [0.3, 0.4) is 0 Å². The molecule has 0 saturated heterocycles. The van der Waals surface area contributed by atoms with E-state index in [1.165, 1.54) is 34.3 Å². The molecule has 0 aliphatic heterocycles. The number of rotatable bonds is 3. The van der Waals surface area contributed by atoms with Crippen LogP contribution < -0.4 is 5.32 Å². The second kappa shape index (κ2) is 5.28. The Morgan fingerprint density at radius 2 is 2.27 bits per heavy atom. The van der Waals surface area contributed by atoms with Crippen LogP contribution in [0.15, 0.2) is 27.6 Å². The topological polar surface area (TPSA) is 12.0 Å². The summed E-state index contributed by atoms with van der Waals surface area (Å²) < 4.78 is 1.22. The average molecular weight is 286 g/mol. The molecule has 0 radical (unpaired) electrons. The van der Waals surface area contributed by atoms with Gasteiger partial charge in [0.05, 0.1) is 9.83 Å². The Labute approximate surface area is 104 Å². The summed E-state index contributed by atoms with van der Waals surface area (Å²) in [5, 5.41) is 3.42. The largest absolute Gasteiger partial charge is 0.309 e. The molecule has 2 rings (SSSR count). The molecule has 1 aliphatic rings. The average Bonchev–Trinajstić information content (AvgIpc) is 2.68. The number of likely N-dealkylation sites (N-methyl/N-ethyl adjacent to an activating group) is 1. The van der Waals surface area contributed by atoms with E-state index in [1.807, 2.05) is 18.4 Å². The first kappa shape index (κ1) is 11.4. The minimum Gasteiger partial charge on any atom is -0.309 e. The quantitative estimate of drug-likeness (QED) is 0.818. The first-order chi connectivity index (χ1) is 7.31. The van der Waals surface area contributed by atoms with E-state index < -0.39 is 0 Å². The highest BCUT2D eigenvalue weighted by atomic mass is 79.9. The van der Waals surface area contributed by atoms with Gasteiger partial charge in [0.1, 0.15) is 0 Å². The molecular formula is C12H16BrNS. The standard InChI is InChI=1S/C12H16BrNS/c1-14-12(9-5-3-2-4-6-9)10-7-8-11(13)15-10/h5,7-8,12,14H,2-4,6H2,1H3. The Morgan fingerprint density at radius 3 is 2.80 bits per heavy atom. The maximum atomic E-state index is 3.52. The van der Waals surface area contributed by atoms with Crippen LogP contribution in [-0.4, -0.2) is 7.05 Å². The molecule has 15 heavy (non-hydrogen) atoms. The lowest BCUT2D eigenvalue weighted by Gasteiger charge is -2.21. The lowest BCUT2D eigenvalue weighted by molar-refractivity contribution is 0.599. The first-order valence-corrected chi connectivity index (χ1v) is 7.03. The van der Waals surface area contributed by atoms with Gasteiger partial charge >= 0.3 is 0 Å². The van der Waals surface area contributed by atoms with Crippen molar-refractivity contribution in [1.29, 1.82) is 0 Å². The van der Waals surface area contributed by atoms with Crippen molar-refractivity contribution in [2.24, 2.45) is 0 Å². The molecule has 1 aromatic heterocycles. The minimum atomic E-state index is 0.432. The van der Waals surface area contributed by atoms with Gasteiger partial charge in [-0.2, -0.15) is 0 Å². The van der Waals surface area contributed by atoms with Crippen molar-refractivity contribution in [3.63, 3.8) is 0 Å². The highest BCUT2D eigenvalue weighted by Gasteiger charge is 2.17. The van der Waals surface area contributed by atoms with Crippen molar-refractivity contribution >= 4 is 27.3 Å². The summed E-state index contributed by atoms with van der Waals surface area (Å²) in [5.41, 5.74) is 1.57. The maximum Gasteiger partial charge on any atom is 0.0702 e. The van der Waals surface area contributed by atoms with Gasteiger partial charge in [-0.25, -0.2) is 0 Å². The van der Waals surface area contributed by atoms with Crippen molar-refractivity contribution in [1.82, 2.24) is 5.32 Å². The van der Waals surface area contributed by atoms with E-state index in [0.29, 0.717) is 6.04 Å². The molecule has 0 aromatic carbocycles. The van der Waals surface area contributed by atoms with Gasteiger partial charge in [-0.05, 0) is 60.8 Å². The molecule has 0 saturated carbocycles. The molecule has 1 aliphatic carbocycles. The Kier molecular flexibility index (Phi) is 4.00. The van der Waals surface area contributed by atoms with E-state index in [2.05, 4.69) is 39.5 Å². The van der Waals surface area contributed by atoms with Crippen LogP contribution >= 0.6 is 27.3 Å². The van der Waals surface area contributed by atoms with Crippen molar-refractivity contribution in [3.8, 4) is 0 Å². The van der Waals surface area contributed by atoms with E-state index in [-0.39, 0.29) is 0 Å². The van der Waals surface area contributed by atoms with Crippen LogP contribution in [0.2, 0.25) is 0 Å². The minimum absolute atomic E-state index is 0.432. The van der Waals surface area contributed by atoms with Gasteiger partial charge in [0, 0.05) is 4.88 Å². The van der Waals surface area contributed by atoms with E-state index >= 15 is 0 Å². The number of halogens is 1. The fraction of sp³-hybridized carbons (Fsp3) is 0.500. The zero-order valence-corrected chi connectivity index (χ0v) is 11.3. The fourth-order valence-corrected chi connectivity index (χ4v) is 3.70. The molecular weight excluding hydrogens is 270 g/mol. The molecule has 1 N–H and O–H groups in total. The van der Waals surface area contributed by atoms with Gasteiger partial charge in [-0.15, -0.1) is 11.3 Å². The summed E-state index contributed by atoms with van der Waals surface area (Å²) in [6.07, 6.45) is 7.62. The van der Waals surface area contributed by atoms with E-state index in [1.54, 1.807) is 5.57 Å². The molecule has 3 heteroatoms. The maximum absolute atomic E-state index is 3.52. The van der Waals surface area contributed by atoms with Crippen molar-refractivity contribution < 1.29 is 0 Å². The first-order valence-electron chi connectivity index (χ1n) is 5.42. The third-order valence-corrected chi connectivity index (χ3v) is 4.55. The third-order valence-electron chi connectivity index (χ3n) is 2.86. The number of thiophene rings is 1. The monoisotopic (exact) mass is 285 g/mol. The number of allylic oxidation sites excluding steroid dienone is 1. The van der Waals surface area contributed by atoms with E-state index in [0.717, 1.165) is 0 Å². The third kappa shape index (κ3) is 2.71. The smallest absolute Gasteiger partial charge is 0.0702 e. The molecule has 1 atom stereocenters. The van der Waals surface area contributed by atoms with Crippen LogP contribution in [-0.2, 0) is 0 Å². The van der Waals surface area contributed by atoms with Gasteiger partial charge in [-0.3, -0.25) is 0 Å². The van der Waals surface area contributed by atoms with Gasteiger partial charge in [0.15, 0.2) is 0 Å². The van der Waals surface area contributed by atoms with Gasteiger partial charge in [-0.1, -0.05) is 11.6 Å². The predicted octanol–water partition coefficient (Wildman–Crippen LogP) is 4.27. The molecule has 1 nitrogen and oxygen atoms in total. The molecule has 0 amide bonds. The summed E-state index contributed by atoms with van der Waals surface area (Å²) in [6.45, 7) is 0. The Hall–Kier alpha value is -0.120. The second-order valence-electron chi connectivity index (χ2n) is 3.89. The molecule has 0 fully saturated rings. The number of hydrogen-bond acceptors (Lipinski definition) is 2. The van der Waals surface area contributed by atoms with E-state index in [9.17, 15) is 0 Å². The molecule has 0 spiro atoms. The number of hydrogen-bond donors (Lipinski definition) is 1. The summed E-state index contributed by atoms with van der Waals surface area (Å²) in [4.78, 5) is 1.41. The van der Waals surface area contributed by atoms with Crippen LogP contribution in [0, 0.1) is 0 Å². The fourth-order valence-electron chi connectivity index (χ4n) is 2.12. The second-order valence-corrected chi connectivity index (χ2v) is 6.38. The van der Waals surface area contributed by atoms with Crippen molar-refractivity contribution in [2.45, 2.75) is 31.7 Å². The zero-order valence-electron chi connectivity index (χ0n) is 8.92. The molecule has 1 heterocycles. The highest BCUT2D eigenvalue weighted by molar-refractivity contribution is 9.11.